The van der Waals surface area contributed by atoms with Crippen LogP contribution in [0.3, 0.4) is 0 Å². The van der Waals surface area contributed by atoms with Crippen LogP contribution in [0.15, 0.2) is 47.3 Å². The molecule has 4 rings (SSSR count). The fourth-order valence-electron chi connectivity index (χ4n) is 2.50. The molecule has 0 bridgehead atoms. The molecule has 3 heterocycles. The normalized spacial score (nSPS) is 11.0. The van der Waals surface area contributed by atoms with Crippen LogP contribution in [0.25, 0.3) is 22.4 Å². The van der Waals surface area contributed by atoms with Gasteiger partial charge in [-0.05, 0) is 31.2 Å². The number of fused-ring (bicyclic) bond motifs is 1. The third-order valence-electron chi connectivity index (χ3n) is 3.59. The van der Waals surface area contributed by atoms with Crippen molar-refractivity contribution in [1.82, 2.24) is 20.2 Å². The van der Waals surface area contributed by atoms with Crippen molar-refractivity contribution in [3.05, 3.63) is 53.4 Å². The third-order valence-corrected chi connectivity index (χ3v) is 3.84. The van der Waals surface area contributed by atoms with Gasteiger partial charge in [-0.1, -0.05) is 11.6 Å². The van der Waals surface area contributed by atoms with E-state index < -0.39 is 0 Å². The van der Waals surface area contributed by atoms with Gasteiger partial charge >= 0.3 is 0 Å². The number of aromatic nitrogens is 4. The van der Waals surface area contributed by atoms with Crippen LogP contribution >= 0.6 is 11.6 Å². The van der Waals surface area contributed by atoms with Gasteiger partial charge in [0.25, 0.3) is 0 Å². The molecule has 0 aliphatic rings. The summed E-state index contributed by atoms with van der Waals surface area (Å²) in [5, 5.41) is 11.5. The fraction of sp³-hybridized carbons (Fsp3) is 0.0625. The van der Waals surface area contributed by atoms with Gasteiger partial charge in [0.2, 0.25) is 5.71 Å². The molecule has 23 heavy (non-hydrogen) atoms. The zero-order valence-electron chi connectivity index (χ0n) is 12.2. The van der Waals surface area contributed by atoms with Crippen molar-refractivity contribution in [2.24, 2.45) is 0 Å². The number of hydrogen-bond donors (Lipinski definition) is 2. The highest BCUT2D eigenvalue weighted by Crippen LogP contribution is 2.35. The lowest BCUT2D eigenvalue weighted by Crippen LogP contribution is -1.95. The molecule has 114 valence electrons. The Kier molecular flexibility index (Phi) is 3.24. The molecule has 4 aromatic rings. The minimum atomic E-state index is 0.532. The molecule has 0 fully saturated rings. The molecule has 0 aliphatic carbocycles. The Hall–Kier alpha value is -2.86. The molecule has 1 aromatic carbocycles. The first-order chi connectivity index (χ1) is 11.2. The van der Waals surface area contributed by atoms with Crippen molar-refractivity contribution >= 4 is 34.3 Å². The number of nitrogens with one attached hydrogen (secondary N) is 2. The highest BCUT2D eigenvalue weighted by Gasteiger charge is 2.17. The predicted molar refractivity (Wildman–Crippen MR) is 88.9 cm³/mol. The maximum atomic E-state index is 5.95. The number of anilines is 2. The van der Waals surface area contributed by atoms with E-state index in [2.05, 4.69) is 25.5 Å². The van der Waals surface area contributed by atoms with Crippen LogP contribution in [0.5, 0.6) is 0 Å². The van der Waals surface area contributed by atoms with E-state index in [9.17, 15) is 0 Å². The van der Waals surface area contributed by atoms with Gasteiger partial charge in [0.1, 0.15) is 23.7 Å². The first kappa shape index (κ1) is 13.8. The Bertz CT molecular complexity index is 960. The van der Waals surface area contributed by atoms with E-state index in [0.717, 1.165) is 28.1 Å². The molecule has 0 saturated heterocycles. The van der Waals surface area contributed by atoms with Gasteiger partial charge in [-0.15, -0.1) is 0 Å². The fourth-order valence-corrected chi connectivity index (χ4v) is 2.62. The first-order valence-corrected chi connectivity index (χ1v) is 7.36. The maximum absolute atomic E-state index is 5.95. The molecule has 0 unspecified atom stereocenters. The molecule has 0 radical (unpaired) electrons. The van der Waals surface area contributed by atoms with E-state index in [4.69, 9.17) is 16.0 Å². The summed E-state index contributed by atoms with van der Waals surface area (Å²) in [7, 11) is 0. The van der Waals surface area contributed by atoms with Crippen molar-refractivity contribution in [2.75, 3.05) is 5.32 Å². The summed E-state index contributed by atoms with van der Waals surface area (Å²) in [6.07, 6.45) is 3.14. The standard InChI is InChI=1S/C16H12ClN5O/c1-9-13-15(21-12-6-7-20-22-12)18-8-19-16(13)23-14(9)10-2-4-11(17)5-3-10/h2-8H,1H3,(H2,18,19,20,21,22). The summed E-state index contributed by atoms with van der Waals surface area (Å²) in [6.45, 7) is 1.98. The lowest BCUT2D eigenvalue weighted by molar-refractivity contribution is 0.615. The molecule has 0 atom stereocenters. The van der Waals surface area contributed by atoms with E-state index in [1.165, 1.54) is 6.33 Å². The summed E-state index contributed by atoms with van der Waals surface area (Å²) < 4.78 is 5.92. The topological polar surface area (TPSA) is 79.6 Å². The van der Waals surface area contributed by atoms with Crippen LogP contribution in [0.2, 0.25) is 5.02 Å². The Labute approximate surface area is 136 Å². The Morgan fingerprint density at radius 3 is 2.70 bits per heavy atom. The van der Waals surface area contributed by atoms with E-state index in [0.29, 0.717) is 16.6 Å². The number of aryl methyl sites for hydroxylation is 1. The van der Waals surface area contributed by atoms with Gasteiger partial charge in [0, 0.05) is 22.2 Å². The van der Waals surface area contributed by atoms with Crippen molar-refractivity contribution in [3.63, 3.8) is 0 Å². The molecule has 0 spiro atoms. The summed E-state index contributed by atoms with van der Waals surface area (Å²) >= 11 is 5.95. The third kappa shape index (κ3) is 2.43. The number of nitrogens with zero attached hydrogens (tertiary/aromatic N) is 3. The minimum Gasteiger partial charge on any atom is -0.437 e. The highest BCUT2D eigenvalue weighted by molar-refractivity contribution is 6.30. The molecule has 0 amide bonds. The van der Waals surface area contributed by atoms with Crippen LogP contribution < -0.4 is 5.32 Å². The average Bonchev–Trinajstić information content (AvgIpc) is 3.17. The van der Waals surface area contributed by atoms with Crippen molar-refractivity contribution in [2.45, 2.75) is 6.92 Å². The van der Waals surface area contributed by atoms with Crippen molar-refractivity contribution < 1.29 is 4.42 Å². The Morgan fingerprint density at radius 2 is 1.96 bits per heavy atom. The largest absolute Gasteiger partial charge is 0.437 e. The molecular weight excluding hydrogens is 314 g/mol. The van der Waals surface area contributed by atoms with E-state index >= 15 is 0 Å². The van der Waals surface area contributed by atoms with Gasteiger partial charge in [-0.3, -0.25) is 5.10 Å². The lowest BCUT2D eigenvalue weighted by Gasteiger charge is -2.03. The van der Waals surface area contributed by atoms with Gasteiger partial charge in [-0.2, -0.15) is 5.10 Å². The molecule has 0 aliphatic heterocycles. The minimum absolute atomic E-state index is 0.532. The van der Waals surface area contributed by atoms with Crippen LogP contribution in [0.1, 0.15) is 5.56 Å². The second kappa shape index (κ2) is 5.40. The van der Waals surface area contributed by atoms with Gasteiger partial charge in [-0.25, -0.2) is 9.97 Å². The lowest BCUT2D eigenvalue weighted by atomic mass is 10.1. The first-order valence-electron chi connectivity index (χ1n) is 6.99. The summed E-state index contributed by atoms with van der Waals surface area (Å²) in [4.78, 5) is 8.54. The Balaban J connectivity index is 1.86. The predicted octanol–water partition coefficient (Wildman–Crippen LogP) is 4.32. The molecule has 7 heteroatoms. The van der Waals surface area contributed by atoms with E-state index in [-0.39, 0.29) is 0 Å². The van der Waals surface area contributed by atoms with Gasteiger partial charge < -0.3 is 9.73 Å². The maximum Gasteiger partial charge on any atom is 0.232 e. The van der Waals surface area contributed by atoms with Gasteiger partial charge in [0.05, 0.1) is 11.6 Å². The quantitative estimate of drug-likeness (QED) is 0.586. The second-order valence-electron chi connectivity index (χ2n) is 5.06. The number of benzene rings is 1. The molecular formula is C16H12ClN5O. The zero-order valence-corrected chi connectivity index (χ0v) is 12.9. The van der Waals surface area contributed by atoms with Crippen LogP contribution in [-0.4, -0.2) is 20.2 Å². The van der Waals surface area contributed by atoms with Crippen LogP contribution in [0.4, 0.5) is 11.6 Å². The second-order valence-corrected chi connectivity index (χ2v) is 5.50. The van der Waals surface area contributed by atoms with Crippen LogP contribution in [0, 0.1) is 6.92 Å². The van der Waals surface area contributed by atoms with Crippen molar-refractivity contribution in [3.8, 4) is 11.3 Å². The van der Waals surface area contributed by atoms with E-state index in [1.807, 2.05) is 37.3 Å². The zero-order chi connectivity index (χ0) is 15.8. The Morgan fingerprint density at radius 1 is 1.13 bits per heavy atom. The SMILES string of the molecule is Cc1c(-c2ccc(Cl)cc2)oc2ncnc(Nc3ccn[nH]3)c12. The number of rotatable bonds is 3. The number of furan rings is 1. The monoisotopic (exact) mass is 325 g/mol. The molecule has 0 saturated carbocycles. The number of hydrogen-bond acceptors (Lipinski definition) is 5. The van der Waals surface area contributed by atoms with Crippen LogP contribution in [-0.2, 0) is 0 Å². The highest BCUT2D eigenvalue weighted by atomic mass is 35.5. The number of aromatic amines is 1. The summed E-state index contributed by atoms with van der Waals surface area (Å²) in [5.41, 5.74) is 2.44. The van der Waals surface area contributed by atoms with E-state index in [1.54, 1.807) is 6.20 Å². The summed E-state index contributed by atoms with van der Waals surface area (Å²) in [5.74, 6) is 2.17. The summed E-state index contributed by atoms with van der Waals surface area (Å²) in [6, 6.07) is 9.33. The number of H-pyrrole nitrogens is 1. The van der Waals surface area contributed by atoms with Crippen molar-refractivity contribution in [1.29, 1.82) is 0 Å². The number of halogens is 1. The average molecular weight is 326 g/mol. The van der Waals surface area contributed by atoms with Gasteiger partial charge in [0.15, 0.2) is 0 Å². The molecule has 3 aromatic heterocycles. The smallest absolute Gasteiger partial charge is 0.232 e. The molecule has 2 N–H and O–H groups in total. The molecule has 6 nitrogen and oxygen atoms in total.